The fourth-order valence-electron chi connectivity index (χ4n) is 2.78. The fraction of sp³-hybridized carbons (Fsp3) is 0.217. The van der Waals surface area contributed by atoms with Crippen molar-refractivity contribution in [3.05, 3.63) is 84.1 Å². The van der Waals surface area contributed by atoms with Crippen LogP contribution in [0.15, 0.2) is 72.9 Å². The van der Waals surface area contributed by atoms with Crippen LogP contribution in [0.4, 0.5) is 0 Å². The average molecular weight is 360 g/mol. The Balaban J connectivity index is 1.56. The first-order valence-corrected chi connectivity index (χ1v) is 9.26. The lowest BCUT2D eigenvalue weighted by Crippen LogP contribution is -2.22. The molecule has 4 heteroatoms. The number of hydrogen-bond donors (Lipinski definition) is 1. The van der Waals surface area contributed by atoms with Crippen molar-refractivity contribution in [1.29, 1.82) is 0 Å². The summed E-state index contributed by atoms with van der Waals surface area (Å²) in [7, 11) is 0. The number of benzene rings is 2. The molecule has 0 aliphatic rings. The van der Waals surface area contributed by atoms with Crippen molar-refractivity contribution in [2.75, 3.05) is 6.61 Å². The third-order valence-electron chi connectivity index (χ3n) is 4.17. The van der Waals surface area contributed by atoms with E-state index < -0.39 is 0 Å². The molecule has 27 heavy (non-hydrogen) atoms. The van der Waals surface area contributed by atoms with Crippen LogP contribution >= 0.6 is 0 Å². The maximum Gasteiger partial charge on any atom is 0.251 e. The summed E-state index contributed by atoms with van der Waals surface area (Å²) in [6.45, 7) is 3.22. The maximum atomic E-state index is 12.4. The number of aromatic nitrogens is 1. The van der Waals surface area contributed by atoms with Gasteiger partial charge in [-0.2, -0.15) is 0 Å². The van der Waals surface area contributed by atoms with E-state index >= 15 is 0 Å². The lowest BCUT2D eigenvalue weighted by atomic mass is 10.1. The molecule has 0 atom stereocenters. The number of nitrogens with zero attached hydrogens (tertiary/aromatic N) is 1. The quantitative estimate of drug-likeness (QED) is 0.459. The minimum Gasteiger partial charge on any atom is -0.493 e. The maximum absolute atomic E-state index is 12.4. The van der Waals surface area contributed by atoms with Gasteiger partial charge in [-0.1, -0.05) is 37.3 Å². The minimum absolute atomic E-state index is 0.100. The van der Waals surface area contributed by atoms with Gasteiger partial charge in [-0.05, 0) is 54.8 Å². The molecule has 0 spiro atoms. The Morgan fingerprint density at radius 2 is 2.04 bits per heavy atom. The molecule has 2 aromatic carbocycles. The zero-order chi connectivity index (χ0) is 18.9. The van der Waals surface area contributed by atoms with E-state index in [1.165, 1.54) is 0 Å². The zero-order valence-corrected chi connectivity index (χ0v) is 15.5. The molecule has 0 unspecified atom stereocenters. The van der Waals surface area contributed by atoms with Crippen LogP contribution in [-0.4, -0.2) is 17.5 Å². The topological polar surface area (TPSA) is 51.2 Å². The molecule has 0 radical (unpaired) electrons. The summed E-state index contributed by atoms with van der Waals surface area (Å²) < 4.78 is 5.76. The average Bonchev–Trinajstić information content (AvgIpc) is 2.72. The van der Waals surface area contributed by atoms with Gasteiger partial charge in [0.25, 0.3) is 5.91 Å². The van der Waals surface area contributed by atoms with E-state index in [2.05, 4.69) is 29.4 Å². The van der Waals surface area contributed by atoms with Gasteiger partial charge in [0.15, 0.2) is 0 Å². The number of fused-ring (bicyclic) bond motifs is 1. The van der Waals surface area contributed by atoms with Crippen molar-refractivity contribution >= 4 is 16.8 Å². The molecule has 0 saturated carbocycles. The van der Waals surface area contributed by atoms with E-state index in [0.29, 0.717) is 18.7 Å². The summed E-state index contributed by atoms with van der Waals surface area (Å²) in [6, 6.07) is 17.2. The van der Waals surface area contributed by atoms with Gasteiger partial charge in [0.05, 0.1) is 12.1 Å². The first-order valence-electron chi connectivity index (χ1n) is 9.26. The van der Waals surface area contributed by atoms with Crippen LogP contribution in [0.25, 0.3) is 10.9 Å². The Kier molecular flexibility index (Phi) is 6.58. The standard InChI is InChI=1S/C23H24N2O2/c1-2-3-4-5-14-27-21-10-6-8-18(15-21)17-25-23(26)20-11-12-22-19(16-20)9-7-13-24-22/h3-4,6-13,15-16H,2,5,14,17H2,1H3,(H,25,26). The summed E-state index contributed by atoms with van der Waals surface area (Å²) in [4.78, 5) is 16.7. The van der Waals surface area contributed by atoms with Gasteiger partial charge >= 0.3 is 0 Å². The Bertz CT molecular complexity index is 934. The lowest BCUT2D eigenvalue weighted by Gasteiger charge is -2.09. The Morgan fingerprint density at radius 3 is 2.93 bits per heavy atom. The summed E-state index contributed by atoms with van der Waals surface area (Å²) in [5.74, 6) is 0.722. The number of amides is 1. The smallest absolute Gasteiger partial charge is 0.251 e. The van der Waals surface area contributed by atoms with Crippen molar-refractivity contribution in [3.8, 4) is 5.75 Å². The van der Waals surface area contributed by atoms with E-state index in [4.69, 9.17) is 4.74 Å². The van der Waals surface area contributed by atoms with Crippen molar-refractivity contribution < 1.29 is 9.53 Å². The van der Waals surface area contributed by atoms with Gasteiger partial charge < -0.3 is 10.1 Å². The molecule has 3 rings (SSSR count). The second-order valence-corrected chi connectivity index (χ2v) is 6.26. The molecule has 0 aliphatic heterocycles. The number of ether oxygens (including phenoxy) is 1. The highest BCUT2D eigenvalue weighted by Crippen LogP contribution is 2.15. The van der Waals surface area contributed by atoms with Crippen LogP contribution in [0.5, 0.6) is 5.75 Å². The van der Waals surface area contributed by atoms with Crippen LogP contribution in [0.2, 0.25) is 0 Å². The van der Waals surface area contributed by atoms with Crippen molar-refractivity contribution in [2.45, 2.75) is 26.3 Å². The predicted molar refractivity (Wildman–Crippen MR) is 109 cm³/mol. The van der Waals surface area contributed by atoms with Crippen molar-refractivity contribution in [1.82, 2.24) is 10.3 Å². The van der Waals surface area contributed by atoms with E-state index in [1.54, 1.807) is 12.3 Å². The van der Waals surface area contributed by atoms with Gasteiger partial charge in [0, 0.05) is 23.7 Å². The molecule has 0 bridgehead atoms. The van der Waals surface area contributed by atoms with Gasteiger partial charge in [0.2, 0.25) is 0 Å². The molecule has 0 fully saturated rings. The molecule has 1 N–H and O–H groups in total. The molecular weight excluding hydrogens is 336 g/mol. The third kappa shape index (κ3) is 5.42. The summed E-state index contributed by atoms with van der Waals surface area (Å²) in [5, 5.41) is 3.92. The monoisotopic (exact) mass is 360 g/mol. The SMILES string of the molecule is CCC=CCCOc1cccc(CNC(=O)c2ccc3ncccc3c2)c1. The van der Waals surface area contributed by atoms with E-state index in [-0.39, 0.29) is 5.91 Å². The normalized spacial score (nSPS) is 11.0. The van der Waals surface area contributed by atoms with Crippen LogP contribution < -0.4 is 10.1 Å². The summed E-state index contributed by atoms with van der Waals surface area (Å²) in [5.41, 5.74) is 2.52. The van der Waals surface area contributed by atoms with Gasteiger partial charge in [-0.25, -0.2) is 0 Å². The number of rotatable bonds is 8. The molecule has 0 saturated heterocycles. The number of pyridine rings is 1. The molecule has 1 amide bonds. The molecule has 0 aliphatic carbocycles. The molecular formula is C23H24N2O2. The number of carbonyl (C=O) groups excluding carboxylic acids is 1. The molecule has 1 aromatic heterocycles. The summed E-state index contributed by atoms with van der Waals surface area (Å²) in [6.07, 6.45) is 7.95. The van der Waals surface area contributed by atoms with Gasteiger partial charge in [0.1, 0.15) is 5.75 Å². The Hall–Kier alpha value is -3.14. The Morgan fingerprint density at radius 1 is 1.11 bits per heavy atom. The second-order valence-electron chi connectivity index (χ2n) is 6.26. The largest absolute Gasteiger partial charge is 0.493 e. The molecule has 138 valence electrons. The van der Waals surface area contributed by atoms with Crippen LogP contribution in [0, 0.1) is 0 Å². The first-order chi connectivity index (χ1) is 13.3. The highest BCUT2D eigenvalue weighted by molar-refractivity contribution is 5.97. The van der Waals surface area contributed by atoms with Crippen LogP contribution in [-0.2, 0) is 6.54 Å². The number of carbonyl (C=O) groups is 1. The Labute approximate surface area is 159 Å². The fourth-order valence-corrected chi connectivity index (χ4v) is 2.78. The highest BCUT2D eigenvalue weighted by Gasteiger charge is 2.07. The van der Waals surface area contributed by atoms with E-state index in [1.807, 2.05) is 48.5 Å². The van der Waals surface area contributed by atoms with E-state index in [0.717, 1.165) is 35.1 Å². The van der Waals surface area contributed by atoms with E-state index in [9.17, 15) is 4.79 Å². The number of nitrogens with one attached hydrogen (secondary N) is 1. The van der Waals surface area contributed by atoms with Crippen molar-refractivity contribution in [2.24, 2.45) is 0 Å². The lowest BCUT2D eigenvalue weighted by molar-refractivity contribution is 0.0951. The van der Waals surface area contributed by atoms with Crippen molar-refractivity contribution in [3.63, 3.8) is 0 Å². The first kappa shape index (κ1) is 18.6. The molecule has 3 aromatic rings. The third-order valence-corrected chi connectivity index (χ3v) is 4.17. The minimum atomic E-state index is -0.100. The number of hydrogen-bond acceptors (Lipinski definition) is 3. The second kappa shape index (κ2) is 9.53. The highest BCUT2D eigenvalue weighted by atomic mass is 16.5. The zero-order valence-electron chi connectivity index (χ0n) is 15.5. The van der Waals surface area contributed by atoms with Gasteiger partial charge in [-0.15, -0.1) is 0 Å². The predicted octanol–water partition coefficient (Wildman–Crippen LogP) is 4.90. The molecule has 1 heterocycles. The van der Waals surface area contributed by atoms with Crippen LogP contribution in [0.1, 0.15) is 35.7 Å². The van der Waals surface area contributed by atoms with Gasteiger partial charge in [-0.3, -0.25) is 9.78 Å². The number of allylic oxidation sites excluding steroid dienone is 1. The molecule has 4 nitrogen and oxygen atoms in total. The summed E-state index contributed by atoms with van der Waals surface area (Å²) >= 11 is 0. The van der Waals surface area contributed by atoms with Crippen LogP contribution in [0.3, 0.4) is 0 Å².